The van der Waals surface area contributed by atoms with E-state index in [9.17, 15) is 0 Å². The predicted octanol–water partition coefficient (Wildman–Crippen LogP) is 13.7. The highest BCUT2D eigenvalue weighted by molar-refractivity contribution is 6.18. The van der Waals surface area contributed by atoms with Gasteiger partial charge in [0.2, 0.25) is 0 Å². The lowest BCUT2D eigenvalue weighted by molar-refractivity contribution is 0.635. The third kappa shape index (κ3) is 4.43. The molecule has 49 heavy (non-hydrogen) atoms. The van der Waals surface area contributed by atoms with Crippen LogP contribution in [-0.2, 0) is 0 Å². The second-order valence-corrected chi connectivity index (χ2v) is 13.0. The minimum atomic E-state index is -0.199. The number of hydrogen-bond acceptors (Lipinski definition) is 0. The van der Waals surface area contributed by atoms with Gasteiger partial charge in [0.1, 0.15) is 5.82 Å². The van der Waals surface area contributed by atoms with E-state index in [-0.39, 0.29) is 5.82 Å². The maximum atomic E-state index is 16.5. The number of fused-ring (bicyclic) bond motifs is 9. The number of rotatable bonds is 3. The van der Waals surface area contributed by atoms with E-state index >= 15 is 4.39 Å². The van der Waals surface area contributed by atoms with Crippen LogP contribution in [0.15, 0.2) is 176 Å². The Bertz CT molecular complexity index is 2950. The maximum absolute atomic E-state index is 16.5. The second-order valence-electron chi connectivity index (χ2n) is 13.0. The van der Waals surface area contributed by atoms with Gasteiger partial charge in [0.05, 0.1) is 0 Å². The van der Waals surface area contributed by atoms with Crippen LogP contribution in [0.4, 0.5) is 4.39 Å². The lowest BCUT2D eigenvalue weighted by Gasteiger charge is -2.13. The summed E-state index contributed by atoms with van der Waals surface area (Å²) in [6.45, 7) is 0. The van der Waals surface area contributed by atoms with E-state index in [0.717, 1.165) is 38.2 Å². The first kappa shape index (κ1) is 27.8. The largest absolute Gasteiger partial charge is 0.206 e. The molecule has 0 aromatic heterocycles. The average molecular weight is 625 g/mol. The lowest BCUT2D eigenvalue weighted by atomic mass is 9.91. The lowest BCUT2D eigenvalue weighted by Crippen LogP contribution is -1.91. The molecule has 0 heterocycles. The summed E-state index contributed by atoms with van der Waals surface area (Å²) in [5.41, 5.74) is 5.34. The van der Waals surface area contributed by atoms with Gasteiger partial charge in [0, 0.05) is 11.1 Å². The monoisotopic (exact) mass is 624 g/mol. The van der Waals surface area contributed by atoms with Gasteiger partial charge in [0.15, 0.2) is 0 Å². The fourth-order valence-electron chi connectivity index (χ4n) is 7.83. The molecule has 10 rings (SSSR count). The Morgan fingerprint density at radius 3 is 1.43 bits per heavy atom. The van der Waals surface area contributed by atoms with Gasteiger partial charge in [-0.2, -0.15) is 0 Å². The van der Waals surface area contributed by atoms with Gasteiger partial charge in [-0.1, -0.05) is 158 Å². The van der Waals surface area contributed by atoms with E-state index in [1.807, 2.05) is 36.4 Å². The van der Waals surface area contributed by atoms with Crippen molar-refractivity contribution < 1.29 is 4.39 Å². The molecule has 1 heteroatoms. The van der Waals surface area contributed by atoms with E-state index in [1.165, 1.54) is 48.7 Å². The van der Waals surface area contributed by atoms with Crippen LogP contribution >= 0.6 is 0 Å². The van der Waals surface area contributed by atoms with Crippen LogP contribution in [0.3, 0.4) is 0 Å². The fraction of sp³-hybridized carbons (Fsp3) is 0. The molecule has 0 amide bonds. The Morgan fingerprint density at radius 1 is 0.245 bits per heavy atom. The highest BCUT2D eigenvalue weighted by Gasteiger charge is 2.15. The highest BCUT2D eigenvalue weighted by atomic mass is 19.1. The molecule has 0 unspecified atom stereocenters. The van der Waals surface area contributed by atoms with Crippen molar-refractivity contribution in [3.8, 4) is 33.4 Å². The summed E-state index contributed by atoms with van der Waals surface area (Å²) in [4.78, 5) is 0. The van der Waals surface area contributed by atoms with Crippen LogP contribution < -0.4 is 0 Å². The topological polar surface area (TPSA) is 0 Å². The smallest absolute Gasteiger partial charge is 0.138 e. The molecule has 0 saturated heterocycles. The van der Waals surface area contributed by atoms with Crippen molar-refractivity contribution in [2.24, 2.45) is 0 Å². The van der Waals surface area contributed by atoms with E-state index in [0.29, 0.717) is 11.1 Å². The Balaban J connectivity index is 1.04. The summed E-state index contributed by atoms with van der Waals surface area (Å²) in [7, 11) is 0. The molecule has 0 aliphatic heterocycles. The zero-order valence-electron chi connectivity index (χ0n) is 26.6. The average Bonchev–Trinajstić information content (AvgIpc) is 3.17. The molecule has 0 aliphatic rings. The molecule has 0 fully saturated rings. The third-order valence-corrected chi connectivity index (χ3v) is 10.3. The third-order valence-electron chi connectivity index (χ3n) is 10.3. The van der Waals surface area contributed by atoms with E-state index in [2.05, 4.69) is 140 Å². The molecule has 0 radical (unpaired) electrons. The van der Waals surface area contributed by atoms with Crippen molar-refractivity contribution in [3.05, 3.63) is 182 Å². The standard InChI is InChI=1S/C48H29F/c49-48-40(11-5-14-46(48)42-13-6-12-41-38-9-3-1-7-30(38)21-25-44(41)42)37-20-19-33-27-34(17-18-35(33)28-37)36-16-15-32-23-24-43-39-10-4-2-8-31(39)22-26-45(43)47(32)29-36/h1-29H. The van der Waals surface area contributed by atoms with Crippen LogP contribution in [0.2, 0.25) is 0 Å². The number of hydrogen-bond donors (Lipinski definition) is 0. The van der Waals surface area contributed by atoms with Crippen LogP contribution in [0, 0.1) is 5.82 Å². The summed E-state index contributed by atoms with van der Waals surface area (Å²) in [5.74, 6) is -0.199. The Labute approximate surface area is 283 Å². The van der Waals surface area contributed by atoms with Crippen molar-refractivity contribution in [1.82, 2.24) is 0 Å². The summed E-state index contributed by atoms with van der Waals surface area (Å²) in [6, 6.07) is 61.7. The van der Waals surface area contributed by atoms with Crippen molar-refractivity contribution in [2.45, 2.75) is 0 Å². The summed E-state index contributed by atoms with van der Waals surface area (Å²) >= 11 is 0. The minimum Gasteiger partial charge on any atom is -0.206 e. The van der Waals surface area contributed by atoms with Crippen molar-refractivity contribution in [1.29, 1.82) is 0 Å². The first-order valence-corrected chi connectivity index (χ1v) is 16.8. The molecule has 10 aromatic rings. The molecular formula is C48H29F. The van der Waals surface area contributed by atoms with Crippen molar-refractivity contribution in [2.75, 3.05) is 0 Å². The van der Waals surface area contributed by atoms with E-state index in [1.54, 1.807) is 0 Å². The summed E-state index contributed by atoms with van der Waals surface area (Å²) in [5, 5.41) is 14.3. The Kier molecular flexibility index (Phi) is 6.16. The van der Waals surface area contributed by atoms with Crippen molar-refractivity contribution in [3.63, 3.8) is 0 Å². The predicted molar refractivity (Wildman–Crippen MR) is 208 cm³/mol. The van der Waals surface area contributed by atoms with Crippen LogP contribution in [0.25, 0.3) is 98.0 Å². The molecular weight excluding hydrogens is 596 g/mol. The fourth-order valence-corrected chi connectivity index (χ4v) is 7.83. The van der Waals surface area contributed by atoms with E-state index in [4.69, 9.17) is 0 Å². The van der Waals surface area contributed by atoms with Crippen molar-refractivity contribution >= 4 is 64.6 Å². The van der Waals surface area contributed by atoms with Gasteiger partial charge >= 0.3 is 0 Å². The van der Waals surface area contributed by atoms with Crippen LogP contribution in [0.1, 0.15) is 0 Å². The zero-order chi connectivity index (χ0) is 32.5. The van der Waals surface area contributed by atoms with Gasteiger partial charge in [-0.25, -0.2) is 4.39 Å². The SMILES string of the molecule is Fc1c(-c2ccc3cc(-c4ccc5ccc6c7ccccc7ccc6c5c4)ccc3c2)cccc1-c1cccc2c1ccc1ccccc12. The number of benzene rings is 10. The molecule has 0 nitrogen and oxygen atoms in total. The quantitative estimate of drug-likeness (QED) is 0.172. The molecule has 0 spiro atoms. The Morgan fingerprint density at radius 2 is 0.694 bits per heavy atom. The molecule has 0 saturated carbocycles. The van der Waals surface area contributed by atoms with Gasteiger partial charge in [-0.3, -0.25) is 0 Å². The molecule has 0 N–H and O–H groups in total. The molecule has 10 aromatic carbocycles. The molecule has 0 bridgehead atoms. The summed E-state index contributed by atoms with van der Waals surface area (Å²) in [6.07, 6.45) is 0. The first-order valence-electron chi connectivity index (χ1n) is 16.8. The van der Waals surface area contributed by atoms with Gasteiger partial charge in [-0.05, 0) is 105 Å². The van der Waals surface area contributed by atoms with Gasteiger partial charge in [0.25, 0.3) is 0 Å². The number of halogens is 1. The molecule has 0 aliphatic carbocycles. The molecule has 0 atom stereocenters. The maximum Gasteiger partial charge on any atom is 0.138 e. The highest BCUT2D eigenvalue weighted by Crippen LogP contribution is 2.39. The van der Waals surface area contributed by atoms with Gasteiger partial charge in [-0.15, -0.1) is 0 Å². The molecule has 228 valence electrons. The normalized spacial score (nSPS) is 11.8. The summed E-state index contributed by atoms with van der Waals surface area (Å²) < 4.78 is 16.5. The first-order chi connectivity index (χ1) is 24.2. The second kappa shape index (κ2) is 10.9. The van der Waals surface area contributed by atoms with Gasteiger partial charge < -0.3 is 0 Å². The Hall–Kier alpha value is -6.31. The minimum absolute atomic E-state index is 0.199. The van der Waals surface area contributed by atoms with Crippen LogP contribution in [-0.4, -0.2) is 0 Å². The van der Waals surface area contributed by atoms with E-state index < -0.39 is 0 Å². The zero-order valence-corrected chi connectivity index (χ0v) is 26.6. The van der Waals surface area contributed by atoms with Crippen LogP contribution in [0.5, 0.6) is 0 Å².